The lowest BCUT2D eigenvalue weighted by Gasteiger charge is -2.30. The van der Waals surface area contributed by atoms with Crippen LogP contribution in [0.4, 0.5) is 8.78 Å². The van der Waals surface area contributed by atoms with Crippen molar-refractivity contribution in [3.05, 3.63) is 35.4 Å². The second-order valence-electron chi connectivity index (χ2n) is 5.50. The quantitative estimate of drug-likeness (QED) is 0.914. The van der Waals surface area contributed by atoms with Gasteiger partial charge in [-0.05, 0) is 18.9 Å². The molecule has 1 amide bonds. The third-order valence-electron chi connectivity index (χ3n) is 3.83. The number of ether oxygens (including phenoxy) is 1. The minimum absolute atomic E-state index is 0.117. The first kappa shape index (κ1) is 14.4. The summed E-state index contributed by atoms with van der Waals surface area (Å²) < 4.78 is 32.2. The van der Waals surface area contributed by atoms with Gasteiger partial charge in [-0.2, -0.15) is 0 Å². The number of rotatable bonds is 4. The number of amides is 1. The molecule has 1 aromatic rings. The topological polar surface area (TPSA) is 41.6 Å². The Bertz CT molecular complexity index is 528. The van der Waals surface area contributed by atoms with Crippen molar-refractivity contribution in [3.8, 4) is 0 Å². The Morgan fingerprint density at radius 1 is 1.38 bits per heavy atom. The Labute approximate surface area is 122 Å². The molecule has 0 spiro atoms. The predicted molar refractivity (Wildman–Crippen MR) is 72.5 cm³/mol. The molecule has 21 heavy (non-hydrogen) atoms. The molecule has 1 aromatic carbocycles. The molecular formula is C15H18F2N2O2. The number of carbonyl (C=O) groups excluding carboxylic acids is 1. The molecule has 114 valence electrons. The fourth-order valence-electron chi connectivity index (χ4n) is 2.52. The lowest BCUT2D eigenvalue weighted by Crippen LogP contribution is -2.49. The van der Waals surface area contributed by atoms with Gasteiger partial charge in [-0.3, -0.25) is 4.79 Å². The summed E-state index contributed by atoms with van der Waals surface area (Å²) in [6.07, 6.45) is 1.34. The largest absolute Gasteiger partial charge is 0.366 e. The van der Waals surface area contributed by atoms with Crippen LogP contribution in [0.15, 0.2) is 18.2 Å². The minimum Gasteiger partial charge on any atom is -0.366 e. The molecule has 1 heterocycles. The summed E-state index contributed by atoms with van der Waals surface area (Å²) >= 11 is 0. The molecule has 3 rings (SSSR count). The van der Waals surface area contributed by atoms with Crippen molar-refractivity contribution in [1.29, 1.82) is 0 Å². The van der Waals surface area contributed by atoms with Crippen LogP contribution in [0.3, 0.4) is 0 Å². The number of nitrogens with zero attached hydrogens (tertiary/aromatic N) is 1. The summed E-state index contributed by atoms with van der Waals surface area (Å²) in [5.74, 6) is -1.34. The number of carbonyl (C=O) groups is 1. The van der Waals surface area contributed by atoms with Gasteiger partial charge >= 0.3 is 0 Å². The molecule has 0 unspecified atom stereocenters. The van der Waals surface area contributed by atoms with Crippen LogP contribution in [0.2, 0.25) is 0 Å². The van der Waals surface area contributed by atoms with E-state index in [1.54, 1.807) is 4.90 Å². The van der Waals surface area contributed by atoms with Crippen LogP contribution in [-0.2, 0) is 16.1 Å². The van der Waals surface area contributed by atoms with Gasteiger partial charge in [0.05, 0.1) is 6.61 Å². The first-order valence-electron chi connectivity index (χ1n) is 7.22. The highest BCUT2D eigenvalue weighted by Crippen LogP contribution is 2.30. The van der Waals surface area contributed by atoms with Gasteiger partial charge in [0.2, 0.25) is 0 Å². The van der Waals surface area contributed by atoms with Gasteiger partial charge in [0.15, 0.2) is 0 Å². The van der Waals surface area contributed by atoms with E-state index in [1.807, 2.05) is 0 Å². The van der Waals surface area contributed by atoms with Crippen LogP contribution in [0, 0.1) is 11.6 Å². The molecule has 2 aliphatic rings. The molecule has 6 heteroatoms. The van der Waals surface area contributed by atoms with Crippen molar-refractivity contribution < 1.29 is 18.3 Å². The van der Waals surface area contributed by atoms with Gasteiger partial charge in [0, 0.05) is 37.3 Å². The summed E-state index contributed by atoms with van der Waals surface area (Å²) in [4.78, 5) is 14.2. The maximum Gasteiger partial charge on any atom is 0.253 e. The molecule has 1 aliphatic heterocycles. The Hall–Kier alpha value is -1.53. The van der Waals surface area contributed by atoms with E-state index >= 15 is 0 Å². The lowest BCUT2D eigenvalue weighted by atomic mass is 10.1. The molecule has 1 atom stereocenters. The van der Waals surface area contributed by atoms with Crippen molar-refractivity contribution in [2.75, 3.05) is 19.7 Å². The molecule has 2 fully saturated rings. The predicted octanol–water partition coefficient (Wildman–Crippen LogP) is 1.44. The minimum atomic E-state index is -0.615. The van der Waals surface area contributed by atoms with E-state index in [-0.39, 0.29) is 18.5 Å². The number of morpholine rings is 1. The van der Waals surface area contributed by atoms with E-state index in [9.17, 15) is 13.6 Å². The van der Waals surface area contributed by atoms with Crippen molar-refractivity contribution in [2.45, 2.75) is 31.5 Å². The zero-order valence-electron chi connectivity index (χ0n) is 11.6. The third-order valence-corrected chi connectivity index (χ3v) is 3.83. The number of hydrogen-bond donors (Lipinski definition) is 1. The molecule has 0 aromatic heterocycles. The highest BCUT2D eigenvalue weighted by atomic mass is 19.1. The van der Waals surface area contributed by atoms with E-state index in [2.05, 4.69) is 5.32 Å². The number of halogens is 2. The van der Waals surface area contributed by atoms with Crippen LogP contribution < -0.4 is 5.32 Å². The molecular weight excluding hydrogens is 278 g/mol. The highest BCUT2D eigenvalue weighted by molar-refractivity contribution is 5.82. The van der Waals surface area contributed by atoms with E-state index in [0.717, 1.165) is 25.5 Å². The molecule has 1 aliphatic carbocycles. The summed E-state index contributed by atoms with van der Waals surface area (Å²) in [5, 5.41) is 3.12. The monoisotopic (exact) mass is 296 g/mol. The Kier molecular flexibility index (Phi) is 4.17. The van der Waals surface area contributed by atoms with Crippen LogP contribution in [0.1, 0.15) is 18.4 Å². The van der Waals surface area contributed by atoms with Crippen LogP contribution in [0.5, 0.6) is 0 Å². The van der Waals surface area contributed by atoms with Crippen molar-refractivity contribution in [2.24, 2.45) is 0 Å². The molecule has 1 N–H and O–H groups in total. The Morgan fingerprint density at radius 3 is 2.81 bits per heavy atom. The summed E-state index contributed by atoms with van der Waals surface area (Å²) in [6, 6.07) is 3.61. The lowest BCUT2D eigenvalue weighted by molar-refractivity contribution is -0.146. The average molecular weight is 296 g/mol. The third kappa shape index (κ3) is 3.39. The summed E-state index contributed by atoms with van der Waals surface area (Å²) in [5.41, 5.74) is 0.334. The number of hydrogen-bond acceptors (Lipinski definition) is 3. The van der Waals surface area contributed by atoms with Crippen molar-refractivity contribution >= 4 is 5.91 Å². The van der Waals surface area contributed by atoms with Gasteiger partial charge in [-0.25, -0.2) is 8.78 Å². The average Bonchev–Trinajstić information content (AvgIpc) is 3.31. The molecule has 0 radical (unpaired) electrons. The van der Waals surface area contributed by atoms with Gasteiger partial charge in [-0.1, -0.05) is 6.07 Å². The number of nitrogens with one attached hydrogen (secondary N) is 1. The summed E-state index contributed by atoms with van der Waals surface area (Å²) in [6.45, 7) is 1.88. The Balaban J connectivity index is 1.73. The van der Waals surface area contributed by atoms with Crippen molar-refractivity contribution in [1.82, 2.24) is 10.2 Å². The van der Waals surface area contributed by atoms with Crippen molar-refractivity contribution in [3.63, 3.8) is 0 Å². The smallest absolute Gasteiger partial charge is 0.253 e. The molecule has 4 nitrogen and oxygen atoms in total. The van der Waals surface area contributed by atoms with E-state index in [4.69, 9.17) is 4.74 Å². The molecule has 1 saturated heterocycles. The van der Waals surface area contributed by atoms with Crippen LogP contribution >= 0.6 is 0 Å². The SMILES string of the molecule is O=C([C@@H]1CNCCO1)N(Cc1ccc(F)cc1F)C1CC1. The van der Waals surface area contributed by atoms with E-state index in [1.165, 1.54) is 12.1 Å². The Morgan fingerprint density at radius 2 is 2.19 bits per heavy atom. The van der Waals surface area contributed by atoms with Gasteiger partial charge < -0.3 is 15.0 Å². The maximum atomic E-state index is 13.8. The normalized spacial score (nSPS) is 22.1. The second-order valence-corrected chi connectivity index (χ2v) is 5.50. The standard InChI is InChI=1S/C15H18F2N2O2/c16-11-2-1-10(13(17)7-11)9-19(12-3-4-12)15(20)14-8-18-5-6-21-14/h1-2,7,12,14,18H,3-6,8-9H2/t14-/m0/s1. The van der Waals surface area contributed by atoms with Gasteiger partial charge in [0.25, 0.3) is 5.91 Å². The van der Waals surface area contributed by atoms with Crippen LogP contribution in [0.25, 0.3) is 0 Å². The first-order valence-corrected chi connectivity index (χ1v) is 7.22. The molecule has 0 bridgehead atoms. The summed E-state index contributed by atoms with van der Waals surface area (Å²) in [7, 11) is 0. The fraction of sp³-hybridized carbons (Fsp3) is 0.533. The number of benzene rings is 1. The van der Waals surface area contributed by atoms with Crippen LogP contribution in [-0.4, -0.2) is 42.6 Å². The van der Waals surface area contributed by atoms with E-state index in [0.29, 0.717) is 18.7 Å². The second kappa shape index (κ2) is 6.07. The van der Waals surface area contributed by atoms with E-state index < -0.39 is 17.7 Å². The maximum absolute atomic E-state index is 13.8. The highest BCUT2D eigenvalue weighted by Gasteiger charge is 2.37. The zero-order chi connectivity index (χ0) is 14.8. The van der Waals surface area contributed by atoms with Gasteiger partial charge in [0.1, 0.15) is 17.7 Å². The zero-order valence-corrected chi connectivity index (χ0v) is 11.6. The first-order chi connectivity index (χ1) is 10.1. The van der Waals surface area contributed by atoms with Gasteiger partial charge in [-0.15, -0.1) is 0 Å². The molecule has 1 saturated carbocycles. The fourth-order valence-corrected chi connectivity index (χ4v) is 2.52.